The lowest BCUT2D eigenvalue weighted by Crippen LogP contribution is -2.14. The highest BCUT2D eigenvalue weighted by molar-refractivity contribution is 5.92. The molecule has 1 amide bonds. The lowest BCUT2D eigenvalue weighted by Gasteiger charge is -2.07. The van der Waals surface area contributed by atoms with E-state index in [0.29, 0.717) is 18.7 Å². The fraction of sp³-hybridized carbons (Fsp3) is 0.133. The molecule has 0 aliphatic rings. The minimum Gasteiger partial charge on any atom is -0.504 e. The quantitative estimate of drug-likeness (QED) is 0.620. The van der Waals surface area contributed by atoms with Crippen LogP contribution < -0.4 is 11.1 Å². The summed E-state index contributed by atoms with van der Waals surface area (Å²) in [5.74, 6) is -0.724. The molecule has 0 aliphatic carbocycles. The molecule has 0 atom stereocenters. The van der Waals surface area contributed by atoms with Crippen molar-refractivity contribution in [2.24, 2.45) is 5.73 Å². The van der Waals surface area contributed by atoms with Gasteiger partial charge in [0.1, 0.15) is 0 Å². The van der Waals surface area contributed by atoms with Crippen molar-refractivity contribution in [3.63, 3.8) is 0 Å². The van der Waals surface area contributed by atoms with Crippen LogP contribution >= 0.6 is 0 Å². The molecule has 0 fully saturated rings. The molecule has 5 N–H and O–H groups in total. The fourth-order valence-electron chi connectivity index (χ4n) is 1.86. The smallest absolute Gasteiger partial charge is 0.248 e. The van der Waals surface area contributed by atoms with Crippen molar-refractivity contribution in [2.75, 3.05) is 0 Å². The predicted octanol–water partition coefficient (Wildman–Crippen LogP) is 1.49. The van der Waals surface area contributed by atoms with E-state index in [1.165, 1.54) is 12.1 Å². The van der Waals surface area contributed by atoms with Crippen LogP contribution in [0.2, 0.25) is 0 Å². The number of phenolic OH excluding ortho intramolecular Hbond substituents is 2. The van der Waals surface area contributed by atoms with Crippen LogP contribution in [0.1, 0.15) is 21.5 Å². The summed E-state index contributed by atoms with van der Waals surface area (Å²) < 4.78 is 0. The van der Waals surface area contributed by atoms with Crippen LogP contribution in [0.15, 0.2) is 42.5 Å². The first-order valence-electron chi connectivity index (χ1n) is 6.16. The zero-order valence-corrected chi connectivity index (χ0v) is 10.8. The van der Waals surface area contributed by atoms with Crippen molar-refractivity contribution >= 4 is 5.91 Å². The Morgan fingerprint density at radius 2 is 1.70 bits per heavy atom. The van der Waals surface area contributed by atoms with Crippen LogP contribution in [-0.4, -0.2) is 16.1 Å². The van der Waals surface area contributed by atoms with Gasteiger partial charge in [-0.15, -0.1) is 0 Å². The van der Waals surface area contributed by atoms with Gasteiger partial charge in [-0.25, -0.2) is 0 Å². The van der Waals surface area contributed by atoms with E-state index in [1.54, 1.807) is 24.3 Å². The highest BCUT2D eigenvalue weighted by atomic mass is 16.3. The summed E-state index contributed by atoms with van der Waals surface area (Å²) in [6.45, 7) is 1.11. The van der Waals surface area contributed by atoms with Crippen LogP contribution in [0.4, 0.5) is 0 Å². The Hall–Kier alpha value is -2.53. The third-order valence-corrected chi connectivity index (χ3v) is 2.91. The molecule has 20 heavy (non-hydrogen) atoms. The number of carbonyl (C=O) groups excluding carboxylic acids is 1. The molecule has 5 nitrogen and oxygen atoms in total. The number of rotatable bonds is 5. The number of phenols is 2. The molecule has 5 heteroatoms. The van der Waals surface area contributed by atoms with Crippen molar-refractivity contribution in [2.45, 2.75) is 13.1 Å². The summed E-state index contributed by atoms with van der Waals surface area (Å²) in [4.78, 5) is 11.1. The Morgan fingerprint density at radius 1 is 1.00 bits per heavy atom. The number of hydrogen-bond acceptors (Lipinski definition) is 4. The van der Waals surface area contributed by atoms with E-state index >= 15 is 0 Å². The molecule has 0 spiro atoms. The number of nitrogens with one attached hydrogen (secondary N) is 1. The van der Waals surface area contributed by atoms with Gasteiger partial charge in [0.2, 0.25) is 5.91 Å². The Kier molecular flexibility index (Phi) is 4.22. The van der Waals surface area contributed by atoms with Gasteiger partial charge in [-0.3, -0.25) is 4.79 Å². The second-order valence-corrected chi connectivity index (χ2v) is 4.49. The van der Waals surface area contributed by atoms with Crippen molar-refractivity contribution in [3.05, 3.63) is 59.2 Å². The number of benzene rings is 2. The maximum atomic E-state index is 11.1. The first-order chi connectivity index (χ1) is 9.56. The number of aromatic hydroxyl groups is 2. The standard InChI is InChI=1S/C15H16N2O3/c16-15(20)12-3-1-2-10(6-12)8-17-9-11-4-5-13(18)14(19)7-11/h1-7,17-19H,8-9H2,(H2,16,20). The molecule has 104 valence electrons. The molecule has 2 rings (SSSR count). The highest BCUT2D eigenvalue weighted by Gasteiger charge is 2.02. The molecule has 2 aromatic rings. The summed E-state index contributed by atoms with van der Waals surface area (Å²) in [7, 11) is 0. The van der Waals surface area contributed by atoms with Gasteiger partial charge in [0.15, 0.2) is 11.5 Å². The van der Waals surface area contributed by atoms with Crippen molar-refractivity contribution < 1.29 is 15.0 Å². The normalized spacial score (nSPS) is 10.4. The largest absolute Gasteiger partial charge is 0.504 e. The lowest BCUT2D eigenvalue weighted by molar-refractivity contribution is 0.1000. The zero-order valence-electron chi connectivity index (χ0n) is 10.8. The average Bonchev–Trinajstić information content (AvgIpc) is 2.43. The van der Waals surface area contributed by atoms with Crippen molar-refractivity contribution in [3.8, 4) is 11.5 Å². The molecule has 0 saturated carbocycles. The molecule has 0 saturated heterocycles. The van der Waals surface area contributed by atoms with Gasteiger partial charge < -0.3 is 21.3 Å². The topological polar surface area (TPSA) is 95.6 Å². The Labute approximate surface area is 116 Å². The maximum absolute atomic E-state index is 11.1. The number of nitrogens with two attached hydrogens (primary N) is 1. The summed E-state index contributed by atoms with van der Waals surface area (Å²) in [5, 5.41) is 21.8. The Bertz CT molecular complexity index is 626. The average molecular weight is 272 g/mol. The maximum Gasteiger partial charge on any atom is 0.248 e. The second-order valence-electron chi connectivity index (χ2n) is 4.49. The summed E-state index contributed by atoms with van der Waals surface area (Å²) >= 11 is 0. The zero-order chi connectivity index (χ0) is 14.5. The molecule has 2 aromatic carbocycles. The van der Waals surface area contributed by atoms with Crippen LogP contribution in [-0.2, 0) is 13.1 Å². The molecule has 0 aromatic heterocycles. The predicted molar refractivity (Wildman–Crippen MR) is 75.3 cm³/mol. The number of hydrogen-bond donors (Lipinski definition) is 4. The molecule has 0 aliphatic heterocycles. The fourth-order valence-corrected chi connectivity index (χ4v) is 1.86. The Morgan fingerprint density at radius 3 is 2.35 bits per heavy atom. The minimum atomic E-state index is -0.449. The summed E-state index contributed by atoms with van der Waals surface area (Å²) in [6, 6.07) is 11.8. The van der Waals surface area contributed by atoms with Gasteiger partial charge in [0, 0.05) is 18.7 Å². The third-order valence-electron chi connectivity index (χ3n) is 2.91. The monoisotopic (exact) mass is 272 g/mol. The van der Waals surface area contributed by atoms with Gasteiger partial charge in [0.05, 0.1) is 0 Å². The van der Waals surface area contributed by atoms with E-state index in [1.807, 2.05) is 6.07 Å². The number of primary amides is 1. The van der Waals surface area contributed by atoms with E-state index in [-0.39, 0.29) is 11.5 Å². The van der Waals surface area contributed by atoms with E-state index in [0.717, 1.165) is 11.1 Å². The molecule has 0 radical (unpaired) electrons. The van der Waals surface area contributed by atoms with E-state index in [4.69, 9.17) is 5.73 Å². The summed E-state index contributed by atoms with van der Waals surface area (Å²) in [6.07, 6.45) is 0. The molecular weight excluding hydrogens is 256 g/mol. The van der Waals surface area contributed by atoms with Gasteiger partial charge >= 0.3 is 0 Å². The van der Waals surface area contributed by atoms with E-state index in [2.05, 4.69) is 5.32 Å². The number of carbonyl (C=O) groups is 1. The molecule has 0 unspecified atom stereocenters. The van der Waals surface area contributed by atoms with Gasteiger partial charge in [-0.05, 0) is 35.4 Å². The third kappa shape index (κ3) is 3.49. The van der Waals surface area contributed by atoms with E-state index in [9.17, 15) is 15.0 Å². The van der Waals surface area contributed by atoms with Gasteiger partial charge in [-0.2, -0.15) is 0 Å². The van der Waals surface area contributed by atoms with E-state index < -0.39 is 5.91 Å². The summed E-state index contributed by atoms with van der Waals surface area (Å²) in [5.41, 5.74) is 7.50. The number of amides is 1. The lowest BCUT2D eigenvalue weighted by atomic mass is 10.1. The second kappa shape index (κ2) is 6.08. The Balaban J connectivity index is 1.94. The molecule has 0 bridgehead atoms. The first-order valence-corrected chi connectivity index (χ1v) is 6.16. The van der Waals surface area contributed by atoms with Gasteiger partial charge in [-0.1, -0.05) is 18.2 Å². The van der Waals surface area contributed by atoms with Gasteiger partial charge in [0.25, 0.3) is 0 Å². The SMILES string of the molecule is NC(=O)c1cccc(CNCc2ccc(O)c(O)c2)c1. The van der Waals surface area contributed by atoms with Crippen LogP contribution in [0.25, 0.3) is 0 Å². The minimum absolute atomic E-state index is 0.136. The van der Waals surface area contributed by atoms with Crippen LogP contribution in [0, 0.1) is 0 Å². The molecular formula is C15H16N2O3. The van der Waals surface area contributed by atoms with Crippen molar-refractivity contribution in [1.82, 2.24) is 5.32 Å². The molecule has 0 heterocycles. The van der Waals surface area contributed by atoms with Crippen LogP contribution in [0.5, 0.6) is 11.5 Å². The first kappa shape index (κ1) is 13.9. The van der Waals surface area contributed by atoms with Crippen LogP contribution in [0.3, 0.4) is 0 Å². The van der Waals surface area contributed by atoms with Crippen molar-refractivity contribution in [1.29, 1.82) is 0 Å². The highest BCUT2D eigenvalue weighted by Crippen LogP contribution is 2.24.